The lowest BCUT2D eigenvalue weighted by atomic mass is 10.1. The third kappa shape index (κ3) is 4.41. The minimum atomic E-state index is -0.987. The number of carboxylic acids is 1. The van der Waals surface area contributed by atoms with Gasteiger partial charge in [-0.25, -0.2) is 4.79 Å². The van der Waals surface area contributed by atoms with Crippen LogP contribution in [0, 0.1) is 12.8 Å². The number of rotatable bonds is 5. The quantitative estimate of drug-likeness (QED) is 0.814. The van der Waals surface area contributed by atoms with Gasteiger partial charge in [-0.05, 0) is 50.6 Å². The van der Waals surface area contributed by atoms with Gasteiger partial charge in [0, 0.05) is 24.0 Å². The summed E-state index contributed by atoms with van der Waals surface area (Å²) >= 11 is 1.32. The molecule has 1 saturated heterocycles. The molecule has 2 N–H and O–H groups in total. The number of carboxylic acid groups (broad SMARTS) is 1. The van der Waals surface area contributed by atoms with Crippen molar-refractivity contribution >= 4 is 29.3 Å². The lowest BCUT2D eigenvalue weighted by Crippen LogP contribution is -2.29. The molecule has 1 fully saturated rings. The third-order valence-electron chi connectivity index (χ3n) is 3.60. The van der Waals surface area contributed by atoms with Crippen molar-refractivity contribution in [2.24, 2.45) is 5.92 Å². The van der Waals surface area contributed by atoms with E-state index in [1.54, 1.807) is 0 Å². The maximum atomic E-state index is 12.1. The molecule has 1 aliphatic heterocycles. The van der Waals surface area contributed by atoms with Gasteiger partial charge in [0.05, 0.1) is 4.88 Å². The van der Waals surface area contributed by atoms with E-state index in [1.165, 1.54) is 17.4 Å². The maximum absolute atomic E-state index is 12.1. The first-order valence-corrected chi connectivity index (χ1v) is 7.75. The summed E-state index contributed by atoms with van der Waals surface area (Å²) in [5.41, 5.74) is 0.920. The van der Waals surface area contributed by atoms with Crippen LogP contribution in [0.4, 0.5) is 0 Å². The number of hydrogen-bond acceptors (Lipinski definition) is 4. The number of amides is 1. The van der Waals surface area contributed by atoms with Gasteiger partial charge in [0.2, 0.25) is 0 Å². The molecule has 1 aromatic heterocycles. The van der Waals surface area contributed by atoms with Crippen molar-refractivity contribution in [3.63, 3.8) is 0 Å². The Morgan fingerprint density at radius 3 is 2.95 bits per heavy atom. The summed E-state index contributed by atoms with van der Waals surface area (Å²) in [6.45, 7) is 4.68. The largest absolute Gasteiger partial charge is 0.478 e. The standard InChI is InChI=1S/C15H20N2O3S/c1-10-7-13(21-12(10)3-4-14(18)19)15(20)16-8-11-5-6-17(2)9-11/h3-4,7,11H,5-6,8-9H2,1-2H3,(H,16,20)(H,18,19)/b4-3+. The molecule has 1 unspecified atom stereocenters. The van der Waals surface area contributed by atoms with Gasteiger partial charge in [0.25, 0.3) is 5.91 Å². The predicted molar refractivity (Wildman–Crippen MR) is 83.7 cm³/mol. The van der Waals surface area contributed by atoms with Crippen LogP contribution in [-0.2, 0) is 4.79 Å². The highest BCUT2D eigenvalue weighted by molar-refractivity contribution is 7.15. The lowest BCUT2D eigenvalue weighted by Gasteiger charge is -2.10. The number of carbonyl (C=O) groups is 2. The van der Waals surface area contributed by atoms with E-state index >= 15 is 0 Å². The van der Waals surface area contributed by atoms with E-state index in [1.807, 2.05) is 13.0 Å². The van der Waals surface area contributed by atoms with E-state index < -0.39 is 5.97 Å². The topological polar surface area (TPSA) is 69.6 Å². The minimum absolute atomic E-state index is 0.0763. The van der Waals surface area contributed by atoms with Gasteiger partial charge in [-0.1, -0.05) is 0 Å². The fourth-order valence-corrected chi connectivity index (χ4v) is 3.43. The molecule has 1 atom stereocenters. The van der Waals surface area contributed by atoms with E-state index in [9.17, 15) is 9.59 Å². The van der Waals surface area contributed by atoms with Gasteiger partial charge < -0.3 is 15.3 Å². The molecular weight excluding hydrogens is 288 g/mol. The van der Waals surface area contributed by atoms with E-state index in [0.29, 0.717) is 17.3 Å². The maximum Gasteiger partial charge on any atom is 0.328 e. The number of nitrogens with one attached hydrogen (secondary N) is 1. The van der Waals surface area contributed by atoms with Crippen LogP contribution < -0.4 is 5.32 Å². The molecule has 21 heavy (non-hydrogen) atoms. The van der Waals surface area contributed by atoms with Crippen molar-refractivity contribution in [2.45, 2.75) is 13.3 Å². The molecule has 5 nitrogen and oxygen atoms in total. The number of likely N-dealkylation sites (tertiary alicyclic amines) is 1. The first-order valence-electron chi connectivity index (χ1n) is 6.94. The number of thiophene rings is 1. The Morgan fingerprint density at radius 1 is 1.57 bits per heavy atom. The van der Waals surface area contributed by atoms with Crippen molar-refractivity contribution in [3.8, 4) is 0 Å². The van der Waals surface area contributed by atoms with Crippen LogP contribution >= 0.6 is 11.3 Å². The fourth-order valence-electron chi connectivity index (χ4n) is 2.44. The molecule has 0 saturated carbocycles. The Bertz CT molecular complexity index is 565. The van der Waals surface area contributed by atoms with E-state index in [-0.39, 0.29) is 5.91 Å². The highest BCUT2D eigenvalue weighted by Gasteiger charge is 2.20. The summed E-state index contributed by atoms with van der Waals surface area (Å²) < 4.78 is 0. The summed E-state index contributed by atoms with van der Waals surface area (Å²) in [5, 5.41) is 11.6. The molecule has 114 valence electrons. The zero-order valence-electron chi connectivity index (χ0n) is 12.3. The van der Waals surface area contributed by atoms with Crippen LogP contribution in [0.1, 0.15) is 26.5 Å². The Hall–Kier alpha value is -1.66. The first kappa shape index (κ1) is 15.7. The smallest absolute Gasteiger partial charge is 0.328 e. The Labute approximate surface area is 128 Å². The minimum Gasteiger partial charge on any atom is -0.478 e. The van der Waals surface area contributed by atoms with Gasteiger partial charge in [0.1, 0.15) is 0 Å². The number of nitrogens with zero attached hydrogens (tertiary/aromatic N) is 1. The zero-order valence-corrected chi connectivity index (χ0v) is 13.1. The molecular formula is C15H20N2O3S. The summed E-state index contributed by atoms with van der Waals surface area (Å²) in [5.74, 6) is -0.543. The number of carbonyl (C=O) groups excluding carboxylic acids is 1. The molecule has 2 heterocycles. The lowest BCUT2D eigenvalue weighted by molar-refractivity contribution is -0.131. The van der Waals surface area contributed by atoms with E-state index in [0.717, 1.165) is 36.0 Å². The van der Waals surface area contributed by atoms with Gasteiger partial charge in [-0.15, -0.1) is 11.3 Å². The second-order valence-electron chi connectivity index (χ2n) is 5.46. The van der Waals surface area contributed by atoms with Crippen LogP contribution in [0.15, 0.2) is 12.1 Å². The van der Waals surface area contributed by atoms with Crippen molar-refractivity contribution in [1.29, 1.82) is 0 Å². The van der Waals surface area contributed by atoms with Crippen molar-refractivity contribution < 1.29 is 14.7 Å². The monoisotopic (exact) mass is 308 g/mol. The van der Waals surface area contributed by atoms with Gasteiger partial charge >= 0.3 is 5.97 Å². The second-order valence-corrected chi connectivity index (χ2v) is 6.54. The van der Waals surface area contributed by atoms with E-state index in [2.05, 4.69) is 17.3 Å². The highest BCUT2D eigenvalue weighted by Crippen LogP contribution is 2.23. The Kier molecular flexibility index (Phi) is 5.14. The molecule has 0 bridgehead atoms. The van der Waals surface area contributed by atoms with E-state index in [4.69, 9.17) is 5.11 Å². The van der Waals surface area contributed by atoms with Crippen LogP contribution in [0.3, 0.4) is 0 Å². The van der Waals surface area contributed by atoms with Crippen LogP contribution in [0.25, 0.3) is 6.08 Å². The zero-order chi connectivity index (χ0) is 15.4. The predicted octanol–water partition coefficient (Wildman–Crippen LogP) is 1.84. The van der Waals surface area contributed by atoms with Crippen molar-refractivity contribution in [2.75, 3.05) is 26.7 Å². The number of aliphatic carboxylic acids is 1. The number of aryl methyl sites for hydroxylation is 1. The van der Waals surface area contributed by atoms with Gasteiger partial charge in [0.15, 0.2) is 0 Å². The highest BCUT2D eigenvalue weighted by atomic mass is 32.1. The van der Waals surface area contributed by atoms with Crippen LogP contribution in [0.2, 0.25) is 0 Å². The molecule has 0 radical (unpaired) electrons. The summed E-state index contributed by atoms with van der Waals surface area (Å²) in [6.07, 6.45) is 3.74. The molecule has 0 aliphatic carbocycles. The molecule has 0 spiro atoms. The number of hydrogen-bond donors (Lipinski definition) is 2. The molecule has 6 heteroatoms. The molecule has 1 amide bonds. The van der Waals surface area contributed by atoms with Crippen LogP contribution in [0.5, 0.6) is 0 Å². The summed E-state index contributed by atoms with van der Waals surface area (Å²) in [6, 6.07) is 1.81. The molecule has 1 aromatic rings. The molecule has 2 rings (SSSR count). The fraction of sp³-hybridized carbons (Fsp3) is 0.467. The molecule has 1 aliphatic rings. The van der Waals surface area contributed by atoms with Gasteiger partial charge in [-0.3, -0.25) is 4.79 Å². The van der Waals surface area contributed by atoms with Gasteiger partial charge in [-0.2, -0.15) is 0 Å². The summed E-state index contributed by atoms with van der Waals surface area (Å²) in [7, 11) is 2.09. The average Bonchev–Trinajstić information content (AvgIpc) is 3.00. The Morgan fingerprint density at radius 2 is 2.33 bits per heavy atom. The molecule has 0 aromatic carbocycles. The Balaban J connectivity index is 1.93. The first-order chi connectivity index (χ1) is 9.95. The van der Waals surface area contributed by atoms with Crippen LogP contribution in [-0.4, -0.2) is 48.6 Å². The van der Waals surface area contributed by atoms with Crippen molar-refractivity contribution in [3.05, 3.63) is 27.5 Å². The second kappa shape index (κ2) is 6.87. The SMILES string of the molecule is Cc1cc(C(=O)NCC2CCN(C)C2)sc1/C=C/C(=O)O. The normalized spacial score (nSPS) is 19.2. The summed E-state index contributed by atoms with van der Waals surface area (Å²) in [4.78, 5) is 26.4. The van der Waals surface area contributed by atoms with Crippen molar-refractivity contribution in [1.82, 2.24) is 10.2 Å². The average molecular weight is 308 g/mol. The third-order valence-corrected chi connectivity index (χ3v) is 4.80.